The lowest BCUT2D eigenvalue weighted by Crippen LogP contribution is -2.25. The number of hydrogen-bond acceptors (Lipinski definition) is 3. The van der Waals surface area contributed by atoms with Crippen molar-refractivity contribution in [3.63, 3.8) is 0 Å². The van der Waals surface area contributed by atoms with E-state index >= 15 is 0 Å². The van der Waals surface area contributed by atoms with Crippen molar-refractivity contribution in [2.45, 2.75) is 6.54 Å². The molecule has 1 aromatic heterocycles. The molecule has 0 radical (unpaired) electrons. The summed E-state index contributed by atoms with van der Waals surface area (Å²) in [5, 5.41) is 12.5. The molecular weight excluding hydrogens is 228 g/mol. The van der Waals surface area contributed by atoms with Gasteiger partial charge in [0.05, 0.1) is 12.1 Å². The predicted octanol–water partition coefficient (Wildman–Crippen LogP) is 1.40. The molecule has 0 spiro atoms. The largest absolute Gasteiger partial charge is 0.391 e. The van der Waals surface area contributed by atoms with Crippen LogP contribution in [0.4, 0.5) is 0 Å². The van der Waals surface area contributed by atoms with Gasteiger partial charge in [-0.2, -0.15) is 0 Å². The van der Waals surface area contributed by atoms with Gasteiger partial charge >= 0.3 is 0 Å². The molecule has 0 fully saturated rings. The van der Waals surface area contributed by atoms with Gasteiger partial charge in [0.15, 0.2) is 0 Å². The van der Waals surface area contributed by atoms with Crippen LogP contribution >= 0.6 is 0 Å². The predicted molar refractivity (Wildman–Crippen MR) is 69.8 cm³/mol. The number of amides is 1. The molecule has 2 N–H and O–H groups in total. The van der Waals surface area contributed by atoms with E-state index in [0.717, 1.165) is 16.5 Å². The van der Waals surface area contributed by atoms with Gasteiger partial charge in [-0.1, -0.05) is 24.8 Å². The minimum Gasteiger partial charge on any atom is -0.391 e. The summed E-state index contributed by atoms with van der Waals surface area (Å²) in [5.74, 6) is -0.342. The quantitative estimate of drug-likeness (QED) is 0.797. The summed E-state index contributed by atoms with van der Waals surface area (Å²) in [6.45, 7) is 3.50. The van der Waals surface area contributed by atoms with Gasteiger partial charge in [-0.15, -0.1) is 0 Å². The molecule has 1 amide bonds. The van der Waals surface area contributed by atoms with E-state index in [1.165, 1.54) is 0 Å². The number of aliphatic hydroxyl groups excluding tert-OH is 1. The summed E-state index contributed by atoms with van der Waals surface area (Å²) in [5.41, 5.74) is 1.99. The molecule has 0 aliphatic rings. The Labute approximate surface area is 105 Å². The van der Waals surface area contributed by atoms with Crippen LogP contribution in [0.25, 0.3) is 10.9 Å². The minimum absolute atomic E-state index is 0.156. The van der Waals surface area contributed by atoms with Gasteiger partial charge in [-0.05, 0) is 17.7 Å². The number of nitrogens with zero attached hydrogens (tertiary/aromatic N) is 1. The summed E-state index contributed by atoms with van der Waals surface area (Å²) in [6.07, 6.45) is 1.73. The van der Waals surface area contributed by atoms with Gasteiger partial charge in [0.2, 0.25) is 5.91 Å². The lowest BCUT2D eigenvalue weighted by atomic mass is 10.1. The number of rotatable bonds is 4. The molecule has 1 aromatic carbocycles. The van der Waals surface area contributed by atoms with Crippen LogP contribution in [0.2, 0.25) is 0 Å². The van der Waals surface area contributed by atoms with Gasteiger partial charge in [0.1, 0.15) is 0 Å². The number of pyridine rings is 1. The molecule has 4 heteroatoms. The molecule has 2 rings (SSSR count). The first-order valence-corrected chi connectivity index (χ1v) is 5.61. The Hall–Kier alpha value is -2.20. The maximum Gasteiger partial charge on any atom is 0.249 e. The van der Waals surface area contributed by atoms with E-state index in [2.05, 4.69) is 16.9 Å². The summed E-state index contributed by atoms with van der Waals surface area (Å²) in [6, 6.07) is 9.76. The molecule has 92 valence electrons. The zero-order valence-electron chi connectivity index (χ0n) is 9.89. The molecule has 4 nitrogen and oxygen atoms in total. The standard InChI is InChI=1S/C14H14N2O2/c1-10(9-17)14(18)16-8-11-6-12-4-2-3-5-13(12)15-7-11/h2-7,17H,1,8-9H2,(H,16,18). The third-order valence-corrected chi connectivity index (χ3v) is 2.61. The van der Waals surface area contributed by atoms with E-state index in [0.29, 0.717) is 6.54 Å². The van der Waals surface area contributed by atoms with Gasteiger partial charge in [0, 0.05) is 23.7 Å². The number of benzene rings is 1. The second-order valence-electron chi connectivity index (χ2n) is 3.98. The lowest BCUT2D eigenvalue weighted by Gasteiger charge is -2.06. The Morgan fingerprint density at radius 2 is 2.17 bits per heavy atom. The average molecular weight is 242 g/mol. The highest BCUT2D eigenvalue weighted by atomic mass is 16.3. The summed E-state index contributed by atoms with van der Waals surface area (Å²) >= 11 is 0. The molecule has 0 unspecified atom stereocenters. The number of fused-ring (bicyclic) bond motifs is 1. The van der Waals surface area contributed by atoms with Gasteiger partial charge < -0.3 is 10.4 Å². The molecular formula is C14H14N2O2. The number of carbonyl (C=O) groups is 1. The Kier molecular flexibility index (Phi) is 3.69. The normalized spacial score (nSPS) is 10.3. The molecule has 1 heterocycles. The average Bonchev–Trinajstić information content (AvgIpc) is 2.43. The van der Waals surface area contributed by atoms with Crippen LogP contribution in [-0.2, 0) is 11.3 Å². The van der Waals surface area contributed by atoms with E-state index in [-0.39, 0.29) is 18.1 Å². The van der Waals surface area contributed by atoms with Crippen molar-refractivity contribution >= 4 is 16.8 Å². The molecule has 0 aliphatic heterocycles. The van der Waals surface area contributed by atoms with Crippen molar-refractivity contribution < 1.29 is 9.90 Å². The van der Waals surface area contributed by atoms with E-state index < -0.39 is 0 Å². The van der Waals surface area contributed by atoms with Crippen molar-refractivity contribution in [2.24, 2.45) is 0 Å². The van der Waals surface area contributed by atoms with Gasteiger partial charge in [-0.25, -0.2) is 0 Å². The van der Waals surface area contributed by atoms with E-state index in [1.54, 1.807) is 6.20 Å². The highest BCUT2D eigenvalue weighted by Gasteiger charge is 2.05. The molecule has 2 aromatic rings. The zero-order chi connectivity index (χ0) is 13.0. The maximum absolute atomic E-state index is 11.4. The van der Waals surface area contributed by atoms with Gasteiger partial charge in [-0.3, -0.25) is 9.78 Å². The number of aliphatic hydroxyl groups is 1. The van der Waals surface area contributed by atoms with E-state index in [4.69, 9.17) is 5.11 Å². The summed E-state index contributed by atoms with van der Waals surface area (Å²) < 4.78 is 0. The van der Waals surface area contributed by atoms with Crippen LogP contribution < -0.4 is 5.32 Å². The molecule has 18 heavy (non-hydrogen) atoms. The molecule has 0 saturated heterocycles. The van der Waals surface area contributed by atoms with Crippen LogP contribution in [0, 0.1) is 0 Å². The van der Waals surface area contributed by atoms with Crippen molar-refractivity contribution in [1.29, 1.82) is 0 Å². The Balaban J connectivity index is 2.08. The number of carbonyl (C=O) groups excluding carboxylic acids is 1. The molecule has 0 aliphatic carbocycles. The number of para-hydroxylation sites is 1. The summed E-state index contributed by atoms with van der Waals surface area (Å²) in [7, 11) is 0. The fourth-order valence-corrected chi connectivity index (χ4v) is 1.59. The first-order chi connectivity index (χ1) is 8.70. The SMILES string of the molecule is C=C(CO)C(=O)NCc1cnc2ccccc2c1. The van der Waals surface area contributed by atoms with Crippen LogP contribution in [-0.4, -0.2) is 22.6 Å². The van der Waals surface area contributed by atoms with Crippen molar-refractivity contribution in [3.05, 3.63) is 54.2 Å². The zero-order valence-corrected chi connectivity index (χ0v) is 9.89. The van der Waals surface area contributed by atoms with Crippen molar-refractivity contribution in [1.82, 2.24) is 10.3 Å². The van der Waals surface area contributed by atoms with Gasteiger partial charge in [0.25, 0.3) is 0 Å². The fourth-order valence-electron chi connectivity index (χ4n) is 1.59. The molecule has 0 saturated carbocycles. The van der Waals surface area contributed by atoms with Crippen LogP contribution in [0.5, 0.6) is 0 Å². The highest BCUT2D eigenvalue weighted by Crippen LogP contribution is 2.12. The Morgan fingerprint density at radius 3 is 2.94 bits per heavy atom. The second kappa shape index (κ2) is 5.42. The Bertz CT molecular complexity index is 593. The first kappa shape index (κ1) is 12.3. The van der Waals surface area contributed by atoms with Crippen molar-refractivity contribution in [2.75, 3.05) is 6.61 Å². The van der Waals surface area contributed by atoms with Crippen molar-refractivity contribution in [3.8, 4) is 0 Å². The topological polar surface area (TPSA) is 62.2 Å². The number of aromatic nitrogens is 1. The Morgan fingerprint density at radius 1 is 1.39 bits per heavy atom. The monoisotopic (exact) mass is 242 g/mol. The van der Waals surface area contributed by atoms with E-state index in [9.17, 15) is 4.79 Å². The fraction of sp³-hybridized carbons (Fsp3) is 0.143. The maximum atomic E-state index is 11.4. The third-order valence-electron chi connectivity index (χ3n) is 2.61. The molecule has 0 bridgehead atoms. The lowest BCUT2D eigenvalue weighted by molar-refractivity contribution is -0.118. The first-order valence-electron chi connectivity index (χ1n) is 5.61. The smallest absolute Gasteiger partial charge is 0.249 e. The minimum atomic E-state index is -0.342. The van der Waals surface area contributed by atoms with Crippen LogP contribution in [0.3, 0.4) is 0 Å². The van der Waals surface area contributed by atoms with E-state index in [1.807, 2.05) is 30.3 Å². The van der Waals surface area contributed by atoms with Crippen LogP contribution in [0.1, 0.15) is 5.56 Å². The van der Waals surface area contributed by atoms with Crippen LogP contribution in [0.15, 0.2) is 48.7 Å². The summed E-state index contributed by atoms with van der Waals surface area (Å²) in [4.78, 5) is 15.7. The molecule has 0 atom stereocenters. The second-order valence-corrected chi connectivity index (χ2v) is 3.98. The number of nitrogens with one attached hydrogen (secondary N) is 1. The highest BCUT2D eigenvalue weighted by molar-refractivity contribution is 5.92. The third kappa shape index (κ3) is 2.73. The number of hydrogen-bond donors (Lipinski definition) is 2.